The van der Waals surface area contributed by atoms with Crippen LogP contribution in [0.15, 0.2) is 47.0 Å². The Balaban J connectivity index is 2.08. The smallest absolute Gasteiger partial charge is 0.416 e. The number of alkyl halides is 6. The Morgan fingerprint density at radius 3 is 2.04 bits per heavy atom. The van der Waals surface area contributed by atoms with Gasteiger partial charge >= 0.3 is 18.3 Å². The molecule has 28 heavy (non-hydrogen) atoms. The van der Waals surface area contributed by atoms with Crippen molar-refractivity contribution in [3.63, 3.8) is 0 Å². The van der Waals surface area contributed by atoms with Gasteiger partial charge in [0.2, 0.25) is 5.82 Å². The van der Waals surface area contributed by atoms with Gasteiger partial charge in [-0.2, -0.15) is 31.3 Å². The Morgan fingerprint density at radius 2 is 1.50 bits per heavy atom. The highest BCUT2D eigenvalue weighted by Gasteiger charge is 2.37. The average molecular weight is 402 g/mol. The van der Waals surface area contributed by atoms with E-state index in [1.165, 1.54) is 24.3 Å². The van der Waals surface area contributed by atoms with Gasteiger partial charge in [-0.3, -0.25) is 0 Å². The molecule has 0 saturated carbocycles. The largest absolute Gasteiger partial charge is 0.478 e. The van der Waals surface area contributed by atoms with Crippen LogP contribution in [0, 0.1) is 0 Å². The lowest BCUT2D eigenvalue weighted by Crippen LogP contribution is -2.11. The number of hydrogen-bond acceptors (Lipinski definition) is 4. The molecule has 11 heteroatoms. The Hall–Kier alpha value is -3.37. The lowest BCUT2D eigenvalue weighted by Gasteiger charge is -2.12. The van der Waals surface area contributed by atoms with Crippen LogP contribution in [0.4, 0.5) is 26.3 Å². The molecule has 0 aliphatic rings. The van der Waals surface area contributed by atoms with Crippen LogP contribution in [0.25, 0.3) is 22.8 Å². The second-order valence-corrected chi connectivity index (χ2v) is 5.60. The number of carbonyl (C=O) groups is 1. The zero-order chi connectivity index (χ0) is 20.7. The highest BCUT2D eigenvalue weighted by atomic mass is 19.4. The number of rotatable bonds is 3. The molecule has 5 nitrogen and oxygen atoms in total. The summed E-state index contributed by atoms with van der Waals surface area (Å²) in [6.07, 6.45) is -10.0. The predicted octanol–water partition coefficient (Wildman–Crippen LogP) is 5.14. The molecule has 0 bridgehead atoms. The van der Waals surface area contributed by atoms with Crippen LogP contribution in [-0.4, -0.2) is 21.2 Å². The van der Waals surface area contributed by atoms with Crippen LogP contribution in [0.3, 0.4) is 0 Å². The summed E-state index contributed by atoms with van der Waals surface area (Å²) in [4.78, 5) is 14.8. The molecule has 0 aliphatic carbocycles. The van der Waals surface area contributed by atoms with Crippen LogP contribution in [0.5, 0.6) is 0 Å². The summed E-state index contributed by atoms with van der Waals surface area (Å²) in [5.74, 6) is -2.00. The molecule has 1 heterocycles. The maximum Gasteiger partial charge on any atom is 0.416 e. The van der Waals surface area contributed by atoms with Gasteiger partial charge in [0.1, 0.15) is 0 Å². The fraction of sp³-hybridized carbons (Fsp3) is 0.118. The number of halogens is 6. The molecule has 0 amide bonds. The third kappa shape index (κ3) is 3.97. The number of carboxylic acid groups (broad SMARTS) is 1. The van der Waals surface area contributed by atoms with Crippen LogP contribution >= 0.6 is 0 Å². The first-order chi connectivity index (χ1) is 12.9. The molecule has 0 radical (unpaired) electrons. The van der Waals surface area contributed by atoms with Crippen molar-refractivity contribution in [2.75, 3.05) is 0 Å². The highest BCUT2D eigenvalue weighted by molar-refractivity contribution is 5.89. The van der Waals surface area contributed by atoms with Gasteiger partial charge in [0.15, 0.2) is 0 Å². The molecule has 1 N–H and O–H groups in total. The van der Waals surface area contributed by atoms with E-state index in [1.807, 2.05) is 0 Å². The summed E-state index contributed by atoms with van der Waals surface area (Å²) in [5, 5.41) is 12.5. The maximum atomic E-state index is 13.0. The fourth-order valence-corrected chi connectivity index (χ4v) is 2.33. The molecule has 0 aliphatic heterocycles. The molecule has 0 spiro atoms. The summed E-state index contributed by atoms with van der Waals surface area (Å²) in [5.41, 5.74) is -3.56. The lowest BCUT2D eigenvalue weighted by atomic mass is 10.0. The van der Waals surface area contributed by atoms with Gasteiger partial charge in [-0.15, -0.1) is 0 Å². The van der Waals surface area contributed by atoms with Crippen LogP contribution in [0.1, 0.15) is 21.5 Å². The maximum absolute atomic E-state index is 13.0. The highest BCUT2D eigenvalue weighted by Crippen LogP contribution is 2.38. The Labute approximate surface area is 152 Å². The predicted molar refractivity (Wildman–Crippen MR) is 82.1 cm³/mol. The number of aromatic nitrogens is 2. The Morgan fingerprint density at radius 1 is 0.893 bits per heavy atom. The number of nitrogens with zero attached hydrogens (tertiary/aromatic N) is 2. The van der Waals surface area contributed by atoms with Crippen molar-refractivity contribution in [1.29, 1.82) is 0 Å². The SMILES string of the molecule is O=C(O)c1cccc(-c2noc(-c3cc(C(F)(F)F)cc(C(F)(F)F)c3)n2)c1. The van der Waals surface area contributed by atoms with Gasteiger partial charge in [0, 0.05) is 11.1 Å². The minimum atomic E-state index is -5.02. The lowest BCUT2D eigenvalue weighted by molar-refractivity contribution is -0.143. The van der Waals surface area contributed by atoms with E-state index in [1.54, 1.807) is 0 Å². The Bertz CT molecular complexity index is 1010. The van der Waals surface area contributed by atoms with Gasteiger partial charge in [0.05, 0.1) is 16.7 Å². The summed E-state index contributed by atoms with van der Waals surface area (Å²) in [6, 6.07) is 6.16. The average Bonchev–Trinajstić information content (AvgIpc) is 3.10. The van der Waals surface area contributed by atoms with Crippen molar-refractivity contribution < 1.29 is 40.8 Å². The third-order valence-electron chi connectivity index (χ3n) is 3.63. The van der Waals surface area contributed by atoms with E-state index in [2.05, 4.69) is 10.1 Å². The molecule has 146 valence electrons. The van der Waals surface area contributed by atoms with Crippen LogP contribution in [0.2, 0.25) is 0 Å². The van der Waals surface area contributed by atoms with Crippen molar-refractivity contribution in [3.8, 4) is 22.8 Å². The molecule has 0 unspecified atom stereocenters. The van der Waals surface area contributed by atoms with E-state index < -0.39 is 40.9 Å². The number of carboxylic acids is 1. The van der Waals surface area contributed by atoms with Gasteiger partial charge in [-0.1, -0.05) is 17.3 Å². The zero-order valence-electron chi connectivity index (χ0n) is 13.5. The molecule has 0 fully saturated rings. The molecule has 0 saturated heterocycles. The monoisotopic (exact) mass is 402 g/mol. The number of hydrogen-bond donors (Lipinski definition) is 1. The van der Waals surface area contributed by atoms with E-state index in [0.717, 1.165) is 0 Å². The number of benzene rings is 2. The van der Waals surface area contributed by atoms with Crippen molar-refractivity contribution in [1.82, 2.24) is 10.1 Å². The standard InChI is InChI=1S/C17H8F6N2O3/c18-16(19,20)11-5-10(6-12(7-11)17(21,22)23)14-24-13(25-28-14)8-2-1-3-9(4-8)15(26)27/h1-7H,(H,26,27). The van der Waals surface area contributed by atoms with Crippen LogP contribution in [-0.2, 0) is 12.4 Å². The topological polar surface area (TPSA) is 76.2 Å². The summed E-state index contributed by atoms with van der Waals surface area (Å²) in [6.45, 7) is 0. The number of aromatic carboxylic acids is 1. The third-order valence-corrected chi connectivity index (χ3v) is 3.63. The van der Waals surface area contributed by atoms with E-state index in [-0.39, 0.29) is 23.0 Å². The second kappa shape index (κ2) is 6.66. The molecule has 1 aromatic heterocycles. The Kier molecular flexibility index (Phi) is 4.61. The molecular weight excluding hydrogens is 394 g/mol. The summed E-state index contributed by atoms with van der Waals surface area (Å²) >= 11 is 0. The van der Waals surface area contributed by atoms with E-state index in [0.29, 0.717) is 12.1 Å². The van der Waals surface area contributed by atoms with Crippen molar-refractivity contribution in [2.24, 2.45) is 0 Å². The van der Waals surface area contributed by atoms with Gasteiger partial charge in [-0.25, -0.2) is 4.79 Å². The first kappa shape index (κ1) is 19.4. The van der Waals surface area contributed by atoms with Crippen molar-refractivity contribution in [3.05, 3.63) is 59.2 Å². The second-order valence-electron chi connectivity index (χ2n) is 5.60. The molecule has 3 aromatic rings. The fourth-order valence-electron chi connectivity index (χ4n) is 2.33. The normalized spacial score (nSPS) is 12.2. The molecular formula is C17H8F6N2O3. The van der Waals surface area contributed by atoms with Gasteiger partial charge in [0.25, 0.3) is 5.89 Å². The van der Waals surface area contributed by atoms with Gasteiger partial charge in [-0.05, 0) is 30.3 Å². The molecule has 0 atom stereocenters. The zero-order valence-corrected chi connectivity index (χ0v) is 13.5. The quantitative estimate of drug-likeness (QED) is 0.614. The van der Waals surface area contributed by atoms with Crippen molar-refractivity contribution in [2.45, 2.75) is 12.4 Å². The van der Waals surface area contributed by atoms with E-state index >= 15 is 0 Å². The van der Waals surface area contributed by atoms with Crippen LogP contribution < -0.4 is 0 Å². The minimum absolute atomic E-state index is 0.0168. The summed E-state index contributed by atoms with van der Waals surface area (Å²) < 4.78 is 82.5. The van der Waals surface area contributed by atoms with Crippen molar-refractivity contribution >= 4 is 5.97 Å². The van der Waals surface area contributed by atoms with E-state index in [4.69, 9.17) is 9.63 Å². The van der Waals surface area contributed by atoms with E-state index in [9.17, 15) is 31.1 Å². The molecule has 3 rings (SSSR count). The molecule has 2 aromatic carbocycles. The minimum Gasteiger partial charge on any atom is -0.478 e. The summed E-state index contributed by atoms with van der Waals surface area (Å²) in [7, 11) is 0. The van der Waals surface area contributed by atoms with Gasteiger partial charge < -0.3 is 9.63 Å². The first-order valence-corrected chi connectivity index (χ1v) is 7.42. The first-order valence-electron chi connectivity index (χ1n) is 7.42.